The van der Waals surface area contributed by atoms with E-state index in [0.29, 0.717) is 6.42 Å². The molecule has 3 fully saturated rings. The van der Waals surface area contributed by atoms with Crippen LogP contribution in [0.2, 0.25) is 18.1 Å². The predicted octanol–water partition coefficient (Wildman–Crippen LogP) is 3.62. The van der Waals surface area contributed by atoms with E-state index < -0.39 is 8.32 Å². The molecule has 0 aromatic rings. The van der Waals surface area contributed by atoms with Gasteiger partial charge in [0.15, 0.2) is 14.6 Å². The molecule has 0 aromatic heterocycles. The van der Waals surface area contributed by atoms with E-state index >= 15 is 0 Å². The fourth-order valence-corrected chi connectivity index (χ4v) is 5.00. The molecule has 6 heteroatoms. The van der Waals surface area contributed by atoms with E-state index in [4.69, 9.17) is 18.6 Å². The lowest BCUT2D eigenvalue weighted by molar-refractivity contribution is -0.203. The zero-order valence-electron chi connectivity index (χ0n) is 15.7. The lowest BCUT2D eigenvalue weighted by atomic mass is 10.0. The van der Waals surface area contributed by atoms with Gasteiger partial charge in [-0.15, -0.1) is 0 Å². The molecule has 3 aliphatic rings. The number of carbonyl (C=O) groups excluding carboxylic acids is 1. The van der Waals surface area contributed by atoms with Crippen LogP contribution in [0.25, 0.3) is 0 Å². The Kier molecular flexibility index (Phi) is 5.13. The molecule has 1 unspecified atom stereocenters. The summed E-state index contributed by atoms with van der Waals surface area (Å²) in [5.41, 5.74) is 0. The van der Waals surface area contributed by atoms with Crippen molar-refractivity contribution in [3.05, 3.63) is 0 Å². The molecule has 0 aromatic carbocycles. The minimum Gasteiger partial charge on any atom is -0.462 e. The number of hydrogen-bond donors (Lipinski definition) is 0. The summed E-state index contributed by atoms with van der Waals surface area (Å²) in [6.45, 7) is 12.0. The van der Waals surface area contributed by atoms with E-state index in [0.717, 1.165) is 32.3 Å². The number of carbonyl (C=O) groups is 1. The smallest absolute Gasteiger partial charge is 0.306 e. The Morgan fingerprint density at radius 2 is 1.96 bits per heavy atom. The molecule has 2 heterocycles. The molecule has 1 saturated carbocycles. The second-order valence-electron chi connectivity index (χ2n) is 8.95. The maximum absolute atomic E-state index is 11.7. The first-order valence-corrected chi connectivity index (χ1v) is 12.2. The van der Waals surface area contributed by atoms with Crippen LogP contribution in [0, 0.1) is 5.92 Å². The summed E-state index contributed by atoms with van der Waals surface area (Å²) in [4.78, 5) is 11.7. The van der Waals surface area contributed by atoms with E-state index in [1.165, 1.54) is 0 Å². The third kappa shape index (κ3) is 3.71. The van der Waals surface area contributed by atoms with Crippen LogP contribution in [-0.4, -0.2) is 45.5 Å². The molecule has 0 bridgehead atoms. The van der Waals surface area contributed by atoms with Crippen LogP contribution in [-0.2, 0) is 23.4 Å². The van der Waals surface area contributed by atoms with E-state index in [1.54, 1.807) is 0 Å². The quantitative estimate of drug-likeness (QED) is 0.569. The molecule has 0 amide bonds. The average Bonchev–Trinajstić information content (AvgIpc) is 2.97. The highest BCUT2D eigenvalue weighted by molar-refractivity contribution is 6.74. The van der Waals surface area contributed by atoms with E-state index in [2.05, 4.69) is 33.9 Å². The Morgan fingerprint density at radius 1 is 1.21 bits per heavy atom. The maximum atomic E-state index is 11.7. The molecule has 1 aliphatic carbocycles. The van der Waals surface area contributed by atoms with Crippen molar-refractivity contribution in [2.45, 2.75) is 95.6 Å². The summed E-state index contributed by atoms with van der Waals surface area (Å²) in [6.07, 6.45) is 4.09. The van der Waals surface area contributed by atoms with E-state index in [1.807, 2.05) is 0 Å². The first-order chi connectivity index (χ1) is 11.2. The van der Waals surface area contributed by atoms with Gasteiger partial charge in [0.05, 0.1) is 18.6 Å². The first kappa shape index (κ1) is 18.4. The van der Waals surface area contributed by atoms with Gasteiger partial charge in [0.2, 0.25) is 0 Å². The Labute approximate surface area is 146 Å². The number of hydrogen-bond acceptors (Lipinski definition) is 5. The Morgan fingerprint density at radius 3 is 2.58 bits per heavy atom. The standard InChI is InChI=1S/C18H32O5Si/c1-18(2,3)24(4,5)23-17-12-10-15(19)21-13(12)11-14(17)22-16-8-6-7-9-20-16/h12-14,16-17H,6-11H2,1-5H3/t12-,13+,14-,16?,17+/m1/s1. The second-order valence-corrected chi connectivity index (χ2v) is 13.7. The summed E-state index contributed by atoms with van der Waals surface area (Å²) in [5, 5.41) is 0.125. The number of fused-ring (bicyclic) bond motifs is 1. The summed E-state index contributed by atoms with van der Waals surface area (Å²) in [5.74, 6) is 0.0291. The zero-order valence-corrected chi connectivity index (χ0v) is 16.7. The first-order valence-electron chi connectivity index (χ1n) is 9.32. The van der Waals surface area contributed by atoms with Gasteiger partial charge < -0.3 is 18.6 Å². The third-order valence-corrected chi connectivity index (χ3v) is 10.6. The largest absolute Gasteiger partial charge is 0.462 e. The molecular weight excluding hydrogens is 324 g/mol. The lowest BCUT2D eigenvalue weighted by Gasteiger charge is -2.41. The van der Waals surface area contributed by atoms with Crippen molar-refractivity contribution in [1.29, 1.82) is 0 Å². The normalized spacial score (nSPS) is 37.4. The van der Waals surface area contributed by atoms with Crippen LogP contribution >= 0.6 is 0 Å². The highest BCUT2D eigenvalue weighted by atomic mass is 28.4. The Balaban J connectivity index is 1.73. The van der Waals surface area contributed by atoms with Crippen LogP contribution in [0.3, 0.4) is 0 Å². The van der Waals surface area contributed by atoms with Gasteiger partial charge in [-0.05, 0) is 37.4 Å². The molecule has 0 N–H and O–H groups in total. The second kappa shape index (κ2) is 6.70. The molecular formula is C18H32O5Si. The van der Waals surface area contributed by atoms with Gasteiger partial charge in [-0.25, -0.2) is 0 Å². The van der Waals surface area contributed by atoms with Crippen molar-refractivity contribution < 1.29 is 23.4 Å². The molecule has 2 aliphatic heterocycles. The van der Waals surface area contributed by atoms with Crippen LogP contribution < -0.4 is 0 Å². The van der Waals surface area contributed by atoms with Gasteiger partial charge in [0.1, 0.15) is 6.10 Å². The van der Waals surface area contributed by atoms with Gasteiger partial charge in [0.25, 0.3) is 0 Å². The number of rotatable bonds is 4. The van der Waals surface area contributed by atoms with Gasteiger partial charge in [0, 0.05) is 18.9 Å². The molecule has 2 saturated heterocycles. The minimum atomic E-state index is -1.95. The minimum absolute atomic E-state index is 0.0367. The average molecular weight is 357 g/mol. The zero-order chi connectivity index (χ0) is 17.5. The number of ether oxygens (including phenoxy) is 3. The molecule has 5 nitrogen and oxygen atoms in total. The van der Waals surface area contributed by atoms with E-state index in [-0.39, 0.29) is 41.5 Å². The van der Waals surface area contributed by atoms with Crippen molar-refractivity contribution in [2.24, 2.45) is 5.92 Å². The fraction of sp³-hybridized carbons (Fsp3) is 0.944. The monoisotopic (exact) mass is 356 g/mol. The van der Waals surface area contributed by atoms with Crippen LogP contribution in [0.5, 0.6) is 0 Å². The van der Waals surface area contributed by atoms with Crippen molar-refractivity contribution in [1.82, 2.24) is 0 Å². The summed E-state index contributed by atoms with van der Waals surface area (Å²) in [7, 11) is -1.95. The van der Waals surface area contributed by atoms with Crippen molar-refractivity contribution in [2.75, 3.05) is 6.61 Å². The topological polar surface area (TPSA) is 54.0 Å². The summed E-state index contributed by atoms with van der Waals surface area (Å²) < 4.78 is 24.2. The highest BCUT2D eigenvalue weighted by Gasteiger charge is 2.54. The molecule has 3 rings (SSSR count). The van der Waals surface area contributed by atoms with E-state index in [9.17, 15) is 4.79 Å². The maximum Gasteiger partial charge on any atom is 0.306 e. The predicted molar refractivity (Wildman–Crippen MR) is 93.1 cm³/mol. The number of esters is 1. The summed E-state index contributed by atoms with van der Waals surface area (Å²) in [6, 6.07) is 0. The summed E-state index contributed by atoms with van der Waals surface area (Å²) >= 11 is 0. The van der Waals surface area contributed by atoms with Crippen LogP contribution in [0.4, 0.5) is 0 Å². The van der Waals surface area contributed by atoms with Gasteiger partial charge in [-0.1, -0.05) is 20.8 Å². The van der Waals surface area contributed by atoms with Gasteiger partial charge in [-0.2, -0.15) is 0 Å². The SMILES string of the molecule is CC(C)(C)[Si](C)(C)O[C@H]1[C@@H]2CC(=O)O[C@H]2C[C@H]1OC1CCCCO1. The Hall–Kier alpha value is -0.433. The van der Waals surface area contributed by atoms with Gasteiger partial charge >= 0.3 is 5.97 Å². The van der Waals surface area contributed by atoms with Crippen LogP contribution in [0.15, 0.2) is 0 Å². The van der Waals surface area contributed by atoms with Gasteiger partial charge in [-0.3, -0.25) is 4.79 Å². The fourth-order valence-electron chi connectivity index (χ4n) is 3.64. The molecule has 138 valence electrons. The van der Waals surface area contributed by atoms with Crippen molar-refractivity contribution >= 4 is 14.3 Å². The Bertz CT molecular complexity index is 467. The van der Waals surface area contributed by atoms with Crippen molar-refractivity contribution in [3.8, 4) is 0 Å². The van der Waals surface area contributed by atoms with Crippen molar-refractivity contribution in [3.63, 3.8) is 0 Å². The molecule has 0 radical (unpaired) electrons. The third-order valence-electron chi connectivity index (χ3n) is 6.12. The lowest BCUT2D eigenvalue weighted by Crippen LogP contribution is -2.48. The molecule has 5 atom stereocenters. The van der Waals surface area contributed by atoms with Crippen LogP contribution in [0.1, 0.15) is 52.9 Å². The molecule has 24 heavy (non-hydrogen) atoms. The highest BCUT2D eigenvalue weighted by Crippen LogP contribution is 2.45. The molecule has 0 spiro atoms.